The normalized spacial score (nSPS) is 12.7. The first-order valence-electron chi connectivity index (χ1n) is 5.31. The first-order chi connectivity index (χ1) is 8.06. The van der Waals surface area contributed by atoms with Gasteiger partial charge in [0.25, 0.3) is 0 Å². The molecule has 90 valence electrons. The number of thiophene rings is 1. The smallest absolute Gasteiger partial charge is 0.123 e. The van der Waals surface area contributed by atoms with Gasteiger partial charge in [-0.2, -0.15) is 0 Å². The van der Waals surface area contributed by atoms with Crippen LogP contribution in [0.3, 0.4) is 0 Å². The van der Waals surface area contributed by atoms with E-state index in [2.05, 4.69) is 15.9 Å². The molecule has 2 N–H and O–H groups in total. The highest BCUT2D eigenvalue weighted by molar-refractivity contribution is 9.10. The molecule has 0 fully saturated rings. The maximum Gasteiger partial charge on any atom is 0.123 e. The van der Waals surface area contributed by atoms with E-state index in [1.165, 1.54) is 6.07 Å². The molecule has 0 radical (unpaired) electrons. The molecule has 0 bridgehead atoms. The largest absolute Gasteiger partial charge is 0.323 e. The molecule has 1 heterocycles. The van der Waals surface area contributed by atoms with Gasteiger partial charge in [0.2, 0.25) is 0 Å². The van der Waals surface area contributed by atoms with E-state index in [1.54, 1.807) is 17.4 Å². The summed E-state index contributed by atoms with van der Waals surface area (Å²) in [7, 11) is 0. The van der Waals surface area contributed by atoms with Crippen molar-refractivity contribution in [1.82, 2.24) is 0 Å². The molecule has 0 aliphatic carbocycles. The third kappa shape index (κ3) is 3.15. The van der Waals surface area contributed by atoms with Crippen molar-refractivity contribution >= 4 is 27.3 Å². The van der Waals surface area contributed by atoms with Crippen molar-refractivity contribution in [1.29, 1.82) is 0 Å². The molecule has 0 saturated carbocycles. The van der Waals surface area contributed by atoms with Crippen LogP contribution in [0.25, 0.3) is 0 Å². The zero-order chi connectivity index (χ0) is 12.4. The molecule has 1 unspecified atom stereocenters. The summed E-state index contributed by atoms with van der Waals surface area (Å²) in [5.74, 6) is -0.196. The lowest BCUT2D eigenvalue weighted by Crippen LogP contribution is -2.12. The molecular formula is C13H13BrFNS. The SMILES string of the molecule is Cc1cc(F)ccc1CC(N)c1cc(Br)cs1. The van der Waals surface area contributed by atoms with Crippen LogP contribution in [-0.4, -0.2) is 0 Å². The van der Waals surface area contributed by atoms with Crippen LogP contribution in [0.15, 0.2) is 34.1 Å². The van der Waals surface area contributed by atoms with Gasteiger partial charge < -0.3 is 5.73 Å². The van der Waals surface area contributed by atoms with E-state index < -0.39 is 0 Å². The zero-order valence-corrected chi connectivity index (χ0v) is 11.8. The fourth-order valence-corrected chi connectivity index (χ4v) is 3.20. The van der Waals surface area contributed by atoms with Gasteiger partial charge in [0.1, 0.15) is 5.82 Å². The molecule has 1 aromatic heterocycles. The maximum atomic E-state index is 13.0. The highest BCUT2D eigenvalue weighted by Gasteiger charge is 2.11. The molecule has 0 aliphatic rings. The second-order valence-electron chi connectivity index (χ2n) is 4.05. The number of hydrogen-bond donors (Lipinski definition) is 1. The summed E-state index contributed by atoms with van der Waals surface area (Å²) in [5.41, 5.74) is 8.20. The summed E-state index contributed by atoms with van der Waals surface area (Å²) in [4.78, 5) is 1.14. The fraction of sp³-hybridized carbons (Fsp3) is 0.231. The van der Waals surface area contributed by atoms with Crippen molar-refractivity contribution in [3.8, 4) is 0 Å². The Hall–Kier alpha value is -0.710. The summed E-state index contributed by atoms with van der Waals surface area (Å²) in [6.07, 6.45) is 0.735. The molecular weight excluding hydrogens is 301 g/mol. The van der Waals surface area contributed by atoms with Crippen LogP contribution in [-0.2, 0) is 6.42 Å². The lowest BCUT2D eigenvalue weighted by atomic mass is 10.0. The lowest BCUT2D eigenvalue weighted by Gasteiger charge is -2.11. The summed E-state index contributed by atoms with van der Waals surface area (Å²) in [6.45, 7) is 1.91. The van der Waals surface area contributed by atoms with Gasteiger partial charge in [-0.25, -0.2) is 4.39 Å². The Labute approximate surface area is 113 Å². The summed E-state index contributed by atoms with van der Waals surface area (Å²) in [6, 6.07) is 6.85. The molecule has 4 heteroatoms. The van der Waals surface area contributed by atoms with E-state index in [4.69, 9.17) is 5.73 Å². The number of nitrogens with two attached hydrogens (primary N) is 1. The van der Waals surface area contributed by atoms with E-state index >= 15 is 0 Å². The van der Waals surface area contributed by atoms with E-state index in [0.717, 1.165) is 26.9 Å². The molecule has 1 nitrogen and oxygen atoms in total. The van der Waals surface area contributed by atoms with Crippen LogP contribution < -0.4 is 5.73 Å². The topological polar surface area (TPSA) is 26.0 Å². The molecule has 1 atom stereocenters. The van der Waals surface area contributed by atoms with Gasteiger partial charge in [0.15, 0.2) is 0 Å². The Morgan fingerprint density at radius 1 is 1.41 bits per heavy atom. The second kappa shape index (κ2) is 5.29. The van der Waals surface area contributed by atoms with Crippen LogP contribution in [0.4, 0.5) is 4.39 Å². The minimum absolute atomic E-state index is 0.0320. The van der Waals surface area contributed by atoms with Crippen molar-refractivity contribution in [2.45, 2.75) is 19.4 Å². The molecule has 17 heavy (non-hydrogen) atoms. The predicted octanol–water partition coefficient (Wildman–Crippen LogP) is 4.20. The first-order valence-corrected chi connectivity index (χ1v) is 6.98. The van der Waals surface area contributed by atoms with E-state index in [1.807, 2.05) is 24.4 Å². The molecule has 0 aliphatic heterocycles. The van der Waals surface area contributed by atoms with Crippen LogP contribution in [0.5, 0.6) is 0 Å². The van der Waals surface area contributed by atoms with E-state index in [9.17, 15) is 4.39 Å². The number of benzene rings is 1. The average molecular weight is 314 g/mol. The summed E-state index contributed by atoms with van der Waals surface area (Å²) in [5, 5.41) is 2.02. The second-order valence-corrected chi connectivity index (χ2v) is 5.91. The Bertz CT molecular complexity index is 524. The Kier molecular flexibility index (Phi) is 3.97. The zero-order valence-electron chi connectivity index (χ0n) is 9.41. The van der Waals surface area contributed by atoms with Crippen molar-refractivity contribution in [3.05, 3.63) is 55.9 Å². The van der Waals surface area contributed by atoms with E-state index in [0.29, 0.717) is 0 Å². The Morgan fingerprint density at radius 2 is 2.18 bits per heavy atom. The van der Waals surface area contributed by atoms with Crippen molar-refractivity contribution in [2.24, 2.45) is 5.73 Å². The third-order valence-electron chi connectivity index (χ3n) is 2.70. The molecule has 2 aromatic rings. The van der Waals surface area contributed by atoms with Crippen molar-refractivity contribution in [2.75, 3.05) is 0 Å². The summed E-state index contributed by atoms with van der Waals surface area (Å²) >= 11 is 5.06. The van der Waals surface area contributed by atoms with Gasteiger partial charge >= 0.3 is 0 Å². The van der Waals surface area contributed by atoms with Crippen molar-refractivity contribution in [3.63, 3.8) is 0 Å². The van der Waals surface area contributed by atoms with E-state index in [-0.39, 0.29) is 11.9 Å². The minimum atomic E-state index is -0.196. The molecule has 1 aromatic carbocycles. The molecule has 2 rings (SSSR count). The highest BCUT2D eigenvalue weighted by Crippen LogP contribution is 2.27. The predicted molar refractivity (Wildman–Crippen MR) is 73.8 cm³/mol. The number of aryl methyl sites for hydroxylation is 1. The van der Waals surface area contributed by atoms with Gasteiger partial charge in [-0.15, -0.1) is 11.3 Å². The third-order valence-corrected chi connectivity index (χ3v) is 4.52. The monoisotopic (exact) mass is 313 g/mol. The van der Waals surface area contributed by atoms with Gasteiger partial charge in [0, 0.05) is 20.8 Å². The average Bonchev–Trinajstić information content (AvgIpc) is 2.69. The van der Waals surface area contributed by atoms with Crippen molar-refractivity contribution < 1.29 is 4.39 Å². The number of halogens is 2. The Balaban J connectivity index is 2.15. The van der Waals surface area contributed by atoms with Crippen LogP contribution >= 0.6 is 27.3 Å². The quantitative estimate of drug-likeness (QED) is 0.903. The van der Waals surface area contributed by atoms with Gasteiger partial charge in [0.05, 0.1) is 0 Å². The lowest BCUT2D eigenvalue weighted by molar-refractivity contribution is 0.624. The van der Waals surface area contributed by atoms with Crippen LogP contribution in [0.2, 0.25) is 0 Å². The van der Waals surface area contributed by atoms with Gasteiger partial charge in [-0.05, 0) is 58.6 Å². The molecule has 0 spiro atoms. The molecule has 0 amide bonds. The number of rotatable bonds is 3. The van der Waals surface area contributed by atoms with Gasteiger partial charge in [-0.1, -0.05) is 6.07 Å². The van der Waals surface area contributed by atoms with Gasteiger partial charge in [-0.3, -0.25) is 0 Å². The standard InChI is InChI=1S/C13H13BrFNS/c1-8-4-11(15)3-2-9(8)5-12(16)13-6-10(14)7-17-13/h2-4,6-7,12H,5,16H2,1H3. The minimum Gasteiger partial charge on any atom is -0.323 e. The fourth-order valence-electron chi connectivity index (χ4n) is 1.75. The van der Waals surface area contributed by atoms with Crippen LogP contribution in [0.1, 0.15) is 22.0 Å². The Morgan fingerprint density at radius 3 is 2.76 bits per heavy atom. The first kappa shape index (κ1) is 12.7. The summed E-state index contributed by atoms with van der Waals surface area (Å²) < 4.78 is 14.0. The number of hydrogen-bond acceptors (Lipinski definition) is 2. The van der Waals surface area contributed by atoms with Crippen LogP contribution in [0, 0.1) is 12.7 Å². The maximum absolute atomic E-state index is 13.0. The highest BCUT2D eigenvalue weighted by atomic mass is 79.9. The molecule has 0 saturated heterocycles.